The minimum atomic E-state index is -0.830. The van der Waals surface area contributed by atoms with Gasteiger partial charge in [-0.15, -0.1) is 11.3 Å². The van der Waals surface area contributed by atoms with Crippen molar-refractivity contribution in [3.8, 4) is 0 Å². The number of aliphatic carboxylic acids is 1. The number of thiophene rings is 1. The van der Waals surface area contributed by atoms with Gasteiger partial charge in [0, 0.05) is 30.0 Å². The van der Waals surface area contributed by atoms with E-state index in [9.17, 15) is 14.7 Å². The number of hydrogen-bond acceptors (Lipinski definition) is 4. The Morgan fingerprint density at radius 1 is 1.38 bits per heavy atom. The largest absolute Gasteiger partial charge is 0.481 e. The Labute approximate surface area is 146 Å². The van der Waals surface area contributed by atoms with Crippen LogP contribution in [0.2, 0.25) is 0 Å². The maximum atomic E-state index is 12.5. The summed E-state index contributed by atoms with van der Waals surface area (Å²) in [5.41, 5.74) is 1.92. The Balaban J connectivity index is 1.63. The van der Waals surface area contributed by atoms with Crippen LogP contribution in [0.4, 0.5) is 0 Å². The SMILES string of the molecule is CC1CCc2c(C(=O)NCC(C(=O)O)C3CCOCC3)csc2C1. The lowest BCUT2D eigenvalue weighted by molar-refractivity contribution is -0.144. The fraction of sp³-hybridized carbons (Fsp3) is 0.667. The third kappa shape index (κ3) is 3.81. The molecule has 1 aliphatic carbocycles. The van der Waals surface area contributed by atoms with Crippen LogP contribution in [-0.4, -0.2) is 36.7 Å². The number of hydrogen-bond donors (Lipinski definition) is 2. The Bertz CT molecular complexity index is 606. The average molecular weight is 351 g/mol. The standard InChI is InChI=1S/C18H25NO4S/c1-11-2-3-13-15(10-24-16(13)8-11)17(20)19-9-14(18(21)22)12-4-6-23-7-5-12/h10-12,14H,2-9H2,1H3,(H,19,20)(H,21,22). The van der Waals surface area contributed by atoms with Gasteiger partial charge < -0.3 is 15.2 Å². The highest BCUT2D eigenvalue weighted by Crippen LogP contribution is 2.33. The third-order valence-corrected chi connectivity index (χ3v) is 6.33. The second-order valence-corrected chi connectivity index (χ2v) is 7.97. The summed E-state index contributed by atoms with van der Waals surface area (Å²) in [5.74, 6) is -0.734. The van der Waals surface area contributed by atoms with Gasteiger partial charge in [-0.05, 0) is 49.5 Å². The fourth-order valence-electron chi connectivity index (χ4n) is 3.74. The van der Waals surface area contributed by atoms with Crippen molar-refractivity contribution >= 4 is 23.2 Å². The van der Waals surface area contributed by atoms with Crippen LogP contribution >= 0.6 is 11.3 Å². The van der Waals surface area contributed by atoms with Crippen LogP contribution in [0.15, 0.2) is 5.38 Å². The van der Waals surface area contributed by atoms with Crippen molar-refractivity contribution < 1.29 is 19.4 Å². The smallest absolute Gasteiger partial charge is 0.308 e. The molecular weight excluding hydrogens is 326 g/mol. The molecule has 0 saturated carbocycles. The second kappa shape index (κ2) is 7.66. The minimum absolute atomic E-state index is 0.0776. The van der Waals surface area contributed by atoms with Crippen molar-refractivity contribution in [2.24, 2.45) is 17.8 Å². The van der Waals surface area contributed by atoms with Crippen LogP contribution in [0.25, 0.3) is 0 Å². The molecule has 2 N–H and O–H groups in total. The van der Waals surface area contributed by atoms with Crippen LogP contribution in [0.5, 0.6) is 0 Å². The van der Waals surface area contributed by atoms with E-state index in [4.69, 9.17) is 4.74 Å². The molecule has 0 radical (unpaired) electrons. The lowest BCUT2D eigenvalue weighted by Gasteiger charge is -2.27. The first-order chi connectivity index (χ1) is 11.6. The average Bonchev–Trinajstić information content (AvgIpc) is 2.98. The molecule has 24 heavy (non-hydrogen) atoms. The molecule has 3 rings (SSSR count). The number of nitrogens with one attached hydrogen (secondary N) is 1. The molecule has 2 unspecified atom stereocenters. The molecule has 6 heteroatoms. The molecule has 1 aromatic rings. The molecule has 0 aromatic carbocycles. The van der Waals surface area contributed by atoms with Crippen LogP contribution in [0.3, 0.4) is 0 Å². The van der Waals surface area contributed by atoms with Crippen molar-refractivity contribution in [1.82, 2.24) is 5.32 Å². The molecule has 0 spiro atoms. The van der Waals surface area contributed by atoms with E-state index in [0.29, 0.717) is 19.1 Å². The molecular formula is C18H25NO4S. The van der Waals surface area contributed by atoms with E-state index < -0.39 is 11.9 Å². The van der Waals surface area contributed by atoms with Crippen molar-refractivity contribution in [3.63, 3.8) is 0 Å². The van der Waals surface area contributed by atoms with E-state index in [2.05, 4.69) is 12.2 Å². The highest BCUT2D eigenvalue weighted by molar-refractivity contribution is 7.10. The summed E-state index contributed by atoms with van der Waals surface area (Å²) in [5, 5.41) is 14.3. The van der Waals surface area contributed by atoms with E-state index >= 15 is 0 Å². The van der Waals surface area contributed by atoms with Gasteiger partial charge in [0.25, 0.3) is 5.91 Å². The van der Waals surface area contributed by atoms with Crippen LogP contribution in [-0.2, 0) is 22.4 Å². The maximum absolute atomic E-state index is 12.5. The molecule has 1 aromatic heterocycles. The molecule has 1 saturated heterocycles. The molecule has 2 heterocycles. The highest BCUT2D eigenvalue weighted by atomic mass is 32.1. The molecule has 132 valence electrons. The highest BCUT2D eigenvalue weighted by Gasteiger charge is 2.31. The lowest BCUT2D eigenvalue weighted by Crippen LogP contribution is -2.39. The molecule has 2 aliphatic rings. The van der Waals surface area contributed by atoms with Gasteiger partial charge in [0.2, 0.25) is 0 Å². The monoisotopic (exact) mass is 351 g/mol. The van der Waals surface area contributed by atoms with Crippen molar-refractivity contribution in [1.29, 1.82) is 0 Å². The van der Waals surface area contributed by atoms with Gasteiger partial charge in [0.1, 0.15) is 0 Å². The van der Waals surface area contributed by atoms with Gasteiger partial charge in [-0.2, -0.15) is 0 Å². The Morgan fingerprint density at radius 3 is 2.83 bits per heavy atom. The Morgan fingerprint density at radius 2 is 2.12 bits per heavy atom. The first-order valence-electron chi connectivity index (χ1n) is 8.74. The van der Waals surface area contributed by atoms with Gasteiger partial charge in [-0.25, -0.2) is 0 Å². The zero-order valence-electron chi connectivity index (χ0n) is 14.0. The fourth-order valence-corrected chi connectivity index (χ4v) is 4.98. The van der Waals surface area contributed by atoms with Crippen molar-refractivity contribution in [3.05, 3.63) is 21.4 Å². The van der Waals surface area contributed by atoms with Gasteiger partial charge in [0.05, 0.1) is 11.5 Å². The summed E-state index contributed by atoms with van der Waals surface area (Å²) in [6.45, 7) is 3.66. The van der Waals surface area contributed by atoms with Gasteiger partial charge in [-0.3, -0.25) is 9.59 Å². The van der Waals surface area contributed by atoms with E-state index in [1.165, 1.54) is 10.4 Å². The number of rotatable bonds is 5. The van der Waals surface area contributed by atoms with E-state index in [1.54, 1.807) is 11.3 Å². The third-order valence-electron chi connectivity index (χ3n) is 5.28. The van der Waals surface area contributed by atoms with Gasteiger partial charge >= 0.3 is 5.97 Å². The minimum Gasteiger partial charge on any atom is -0.481 e. The number of fused-ring (bicyclic) bond motifs is 1. The summed E-state index contributed by atoms with van der Waals surface area (Å²) < 4.78 is 5.31. The topological polar surface area (TPSA) is 75.6 Å². The summed E-state index contributed by atoms with van der Waals surface area (Å²) in [7, 11) is 0. The summed E-state index contributed by atoms with van der Waals surface area (Å²) in [6.07, 6.45) is 4.61. The van der Waals surface area contributed by atoms with E-state index in [0.717, 1.165) is 37.7 Å². The van der Waals surface area contributed by atoms with E-state index in [-0.39, 0.29) is 18.4 Å². The number of amides is 1. The predicted octanol–water partition coefficient (Wildman–Crippen LogP) is 2.73. The van der Waals surface area contributed by atoms with Crippen LogP contribution in [0.1, 0.15) is 47.0 Å². The molecule has 0 bridgehead atoms. The number of ether oxygens (including phenoxy) is 1. The molecule has 2 atom stereocenters. The molecule has 1 fully saturated rings. The first kappa shape index (κ1) is 17.4. The van der Waals surface area contributed by atoms with E-state index in [1.807, 2.05) is 5.38 Å². The number of carboxylic acids is 1. The Hall–Kier alpha value is -1.40. The second-order valence-electron chi connectivity index (χ2n) is 7.00. The molecule has 1 aliphatic heterocycles. The van der Waals surface area contributed by atoms with Crippen molar-refractivity contribution in [2.45, 2.75) is 39.0 Å². The van der Waals surface area contributed by atoms with Crippen LogP contribution < -0.4 is 5.32 Å². The Kier molecular flexibility index (Phi) is 5.56. The number of carbonyl (C=O) groups excluding carboxylic acids is 1. The van der Waals surface area contributed by atoms with Gasteiger partial charge in [0.15, 0.2) is 0 Å². The maximum Gasteiger partial charge on any atom is 0.308 e. The summed E-state index contributed by atoms with van der Waals surface area (Å²) in [4.78, 5) is 25.4. The molecule has 1 amide bonds. The zero-order valence-corrected chi connectivity index (χ0v) is 14.9. The first-order valence-corrected chi connectivity index (χ1v) is 9.62. The lowest BCUT2D eigenvalue weighted by atomic mass is 9.85. The van der Waals surface area contributed by atoms with Crippen molar-refractivity contribution in [2.75, 3.05) is 19.8 Å². The van der Waals surface area contributed by atoms with Gasteiger partial charge in [-0.1, -0.05) is 6.92 Å². The summed E-state index contributed by atoms with van der Waals surface area (Å²) >= 11 is 1.66. The zero-order chi connectivity index (χ0) is 17.1. The number of carbonyl (C=O) groups is 2. The number of carboxylic acid groups (broad SMARTS) is 1. The van der Waals surface area contributed by atoms with Crippen LogP contribution in [0, 0.1) is 17.8 Å². The predicted molar refractivity (Wildman–Crippen MR) is 92.5 cm³/mol. The molecule has 5 nitrogen and oxygen atoms in total. The normalized spacial score (nSPS) is 22.6. The summed E-state index contributed by atoms with van der Waals surface area (Å²) in [6, 6.07) is 0. The quantitative estimate of drug-likeness (QED) is 0.855.